The molecule has 0 atom stereocenters. The van der Waals surface area contributed by atoms with E-state index in [1.54, 1.807) is 36.3 Å². The van der Waals surface area contributed by atoms with Crippen molar-refractivity contribution in [3.63, 3.8) is 0 Å². The van der Waals surface area contributed by atoms with Crippen molar-refractivity contribution >= 4 is 51.8 Å². The maximum atomic E-state index is 8.73. The third-order valence-electron chi connectivity index (χ3n) is 4.57. The van der Waals surface area contributed by atoms with E-state index in [-0.39, 0.29) is 11.3 Å². The number of rotatable bonds is 4. The van der Waals surface area contributed by atoms with Gasteiger partial charge in [0.1, 0.15) is 22.4 Å². The van der Waals surface area contributed by atoms with E-state index >= 15 is 0 Å². The number of hydrogen-bond donors (Lipinski definition) is 2. The lowest BCUT2D eigenvalue weighted by Crippen LogP contribution is -2.35. The fourth-order valence-electron chi connectivity index (χ4n) is 2.77. The van der Waals surface area contributed by atoms with Gasteiger partial charge in [0.15, 0.2) is 11.4 Å². The maximum Gasteiger partial charge on any atom is 0.507 e. The van der Waals surface area contributed by atoms with Crippen LogP contribution in [0.15, 0.2) is 48.8 Å². The van der Waals surface area contributed by atoms with Gasteiger partial charge in [0.25, 0.3) is 0 Å². The first-order valence-electron chi connectivity index (χ1n) is 10.2. The van der Waals surface area contributed by atoms with Gasteiger partial charge in [0, 0.05) is 49.5 Å². The van der Waals surface area contributed by atoms with Crippen LogP contribution in [-0.4, -0.2) is 46.7 Å². The number of nitrogens with zero attached hydrogens (tertiary/aromatic N) is 8. The van der Waals surface area contributed by atoms with Crippen LogP contribution in [0.4, 0.5) is 0 Å². The molecule has 36 heavy (non-hydrogen) atoms. The Balaban J connectivity index is 0.000000200. The highest BCUT2D eigenvalue weighted by Gasteiger charge is 2.17. The summed E-state index contributed by atoms with van der Waals surface area (Å²) in [4.78, 5) is 7.89. The first-order chi connectivity index (χ1) is 17.2. The molecular formula is C22H20BBrCl2N8O2. The predicted octanol–water partition coefficient (Wildman–Crippen LogP) is 2.53. The number of pyridine rings is 2. The van der Waals surface area contributed by atoms with Crippen molar-refractivity contribution in [2.75, 3.05) is 0 Å². The SMILES string of the molecule is Clc1ncccc1CBr.Cn1nc(C#N)cc1B(O)O.Cn1nc(C#N)cc1Cc1cccnc1Cl. The van der Waals surface area contributed by atoms with E-state index in [1.165, 1.54) is 17.8 Å². The highest BCUT2D eigenvalue weighted by molar-refractivity contribution is 9.08. The first kappa shape index (κ1) is 29.0. The molecule has 4 rings (SSSR count). The van der Waals surface area contributed by atoms with Crippen molar-refractivity contribution in [3.05, 3.63) is 87.3 Å². The Labute approximate surface area is 226 Å². The molecule has 0 saturated heterocycles. The van der Waals surface area contributed by atoms with Crippen LogP contribution in [0.5, 0.6) is 0 Å². The Morgan fingerprint density at radius 1 is 0.917 bits per heavy atom. The molecule has 0 aliphatic rings. The molecule has 10 nitrogen and oxygen atoms in total. The molecule has 4 aromatic heterocycles. The van der Waals surface area contributed by atoms with Crippen LogP contribution >= 0.6 is 39.1 Å². The Morgan fingerprint density at radius 2 is 1.44 bits per heavy atom. The summed E-state index contributed by atoms with van der Waals surface area (Å²) in [5, 5.41) is 44.1. The molecule has 0 saturated carbocycles. The minimum atomic E-state index is -1.57. The molecule has 4 aromatic rings. The molecule has 0 aromatic carbocycles. The van der Waals surface area contributed by atoms with Gasteiger partial charge in [-0.3, -0.25) is 9.36 Å². The lowest BCUT2D eigenvalue weighted by atomic mass is 9.86. The molecule has 0 unspecified atom stereocenters. The Morgan fingerprint density at radius 3 is 1.83 bits per heavy atom. The number of nitriles is 2. The van der Waals surface area contributed by atoms with Gasteiger partial charge in [-0.15, -0.1) is 0 Å². The smallest absolute Gasteiger partial charge is 0.422 e. The largest absolute Gasteiger partial charge is 0.507 e. The van der Waals surface area contributed by atoms with E-state index in [9.17, 15) is 0 Å². The van der Waals surface area contributed by atoms with Crippen molar-refractivity contribution in [2.45, 2.75) is 11.8 Å². The molecule has 0 amide bonds. The number of halogens is 3. The van der Waals surface area contributed by atoms with Gasteiger partial charge < -0.3 is 10.0 Å². The molecular weight excluding hydrogens is 570 g/mol. The van der Waals surface area contributed by atoms with Crippen LogP contribution in [0.25, 0.3) is 0 Å². The number of aromatic nitrogens is 6. The fraction of sp³-hybridized carbons (Fsp3) is 0.182. The van der Waals surface area contributed by atoms with Crippen molar-refractivity contribution in [1.29, 1.82) is 10.5 Å². The van der Waals surface area contributed by atoms with Gasteiger partial charge in [-0.05, 0) is 29.8 Å². The molecule has 0 aliphatic carbocycles. The molecule has 14 heteroatoms. The van der Waals surface area contributed by atoms with Crippen molar-refractivity contribution in [3.8, 4) is 12.1 Å². The van der Waals surface area contributed by atoms with Crippen LogP contribution in [0.1, 0.15) is 28.2 Å². The zero-order chi connectivity index (χ0) is 26.7. The number of aryl methyl sites for hydroxylation is 2. The van der Waals surface area contributed by atoms with E-state index in [0.29, 0.717) is 22.4 Å². The molecule has 0 radical (unpaired) electrons. The molecule has 4 heterocycles. The minimum Gasteiger partial charge on any atom is -0.422 e. The Hall–Kier alpha value is -3.26. The van der Waals surface area contributed by atoms with Crippen LogP contribution in [0, 0.1) is 22.7 Å². The monoisotopic (exact) mass is 588 g/mol. The van der Waals surface area contributed by atoms with Crippen LogP contribution in [-0.2, 0) is 25.8 Å². The van der Waals surface area contributed by atoms with Crippen LogP contribution < -0.4 is 5.59 Å². The number of hydrogen-bond acceptors (Lipinski definition) is 8. The summed E-state index contributed by atoms with van der Waals surface area (Å²) in [7, 11) is 1.77. The summed E-state index contributed by atoms with van der Waals surface area (Å²) in [6.45, 7) is 0. The molecule has 0 aliphatic heterocycles. The summed E-state index contributed by atoms with van der Waals surface area (Å²) in [5.74, 6) is 0. The summed E-state index contributed by atoms with van der Waals surface area (Å²) in [5.41, 5.74) is 3.69. The Bertz CT molecular complexity index is 1380. The first-order valence-corrected chi connectivity index (χ1v) is 12.1. The average Bonchev–Trinajstić information content (AvgIpc) is 3.43. The fourth-order valence-corrected chi connectivity index (χ4v) is 3.76. The van der Waals surface area contributed by atoms with Gasteiger partial charge in [-0.25, -0.2) is 9.97 Å². The normalized spacial score (nSPS) is 9.69. The summed E-state index contributed by atoms with van der Waals surface area (Å²) in [6.07, 6.45) is 3.95. The van der Waals surface area contributed by atoms with Crippen molar-refractivity contribution < 1.29 is 10.0 Å². The van der Waals surface area contributed by atoms with E-state index in [1.807, 2.05) is 30.3 Å². The van der Waals surface area contributed by atoms with E-state index in [4.69, 9.17) is 43.8 Å². The average molecular weight is 590 g/mol. The van der Waals surface area contributed by atoms with E-state index in [0.717, 1.165) is 22.2 Å². The summed E-state index contributed by atoms with van der Waals surface area (Å²) in [6, 6.07) is 14.4. The topological polar surface area (TPSA) is 149 Å². The van der Waals surface area contributed by atoms with Crippen LogP contribution in [0.2, 0.25) is 10.3 Å². The zero-order valence-electron chi connectivity index (χ0n) is 19.2. The summed E-state index contributed by atoms with van der Waals surface area (Å²) < 4.78 is 2.94. The lowest BCUT2D eigenvalue weighted by molar-refractivity contribution is 0.421. The second-order valence-corrected chi connectivity index (χ2v) is 8.31. The molecule has 184 valence electrons. The highest BCUT2D eigenvalue weighted by atomic mass is 79.9. The van der Waals surface area contributed by atoms with Crippen molar-refractivity contribution in [1.82, 2.24) is 29.5 Å². The second-order valence-electron chi connectivity index (χ2n) is 7.04. The third kappa shape index (κ3) is 8.45. The van der Waals surface area contributed by atoms with Gasteiger partial charge in [0.05, 0.1) is 5.59 Å². The van der Waals surface area contributed by atoms with Gasteiger partial charge in [-0.1, -0.05) is 51.3 Å². The Kier molecular flexibility index (Phi) is 11.5. The number of alkyl halides is 1. The molecule has 0 bridgehead atoms. The third-order valence-corrected chi connectivity index (χ3v) is 5.86. The second kappa shape index (κ2) is 14.3. The quantitative estimate of drug-likeness (QED) is 0.209. The molecule has 0 spiro atoms. The van der Waals surface area contributed by atoms with E-state index < -0.39 is 7.12 Å². The lowest BCUT2D eigenvalue weighted by Gasteiger charge is -2.03. The van der Waals surface area contributed by atoms with Gasteiger partial charge >= 0.3 is 7.12 Å². The molecule has 0 fully saturated rings. The summed E-state index contributed by atoms with van der Waals surface area (Å²) >= 11 is 14.9. The zero-order valence-corrected chi connectivity index (χ0v) is 22.3. The molecule has 2 N–H and O–H groups in total. The van der Waals surface area contributed by atoms with Gasteiger partial charge in [0.2, 0.25) is 0 Å². The highest BCUT2D eigenvalue weighted by Crippen LogP contribution is 2.16. The van der Waals surface area contributed by atoms with Crippen LogP contribution in [0.3, 0.4) is 0 Å². The standard InChI is InChI=1S/C11H9ClN4.C6H5BrClN.C5H6BN3O2/c1-16-10(6-9(7-13)15-16)5-8-3-2-4-14-11(8)12;7-4-5-2-1-3-9-6(5)8;1-9-5(6(10)11)2-4(3-7)8-9/h2-4,6H,5H2,1H3;1-3H,4H2;2,10-11H,1H3. The van der Waals surface area contributed by atoms with E-state index in [2.05, 4.69) is 36.1 Å². The predicted molar refractivity (Wildman–Crippen MR) is 140 cm³/mol. The maximum absolute atomic E-state index is 8.73. The minimum absolute atomic E-state index is 0.176. The van der Waals surface area contributed by atoms with Gasteiger partial charge in [-0.2, -0.15) is 20.7 Å². The van der Waals surface area contributed by atoms with Crippen molar-refractivity contribution in [2.24, 2.45) is 14.1 Å².